The van der Waals surface area contributed by atoms with Crippen LogP contribution in [-0.2, 0) is 6.54 Å². The van der Waals surface area contributed by atoms with E-state index in [0.717, 1.165) is 17.1 Å². The number of nitriles is 1. The highest BCUT2D eigenvalue weighted by Gasteiger charge is 2.06. The molecule has 0 spiro atoms. The van der Waals surface area contributed by atoms with E-state index in [4.69, 9.17) is 14.7 Å². The Morgan fingerprint density at radius 2 is 2.07 bits per heavy atom. The maximum Gasteiger partial charge on any atom is 0.179 e. The maximum absolute atomic E-state index is 8.69. The summed E-state index contributed by atoms with van der Waals surface area (Å²) in [7, 11) is 4.94. The predicted octanol–water partition coefficient (Wildman–Crippen LogP) is 1.62. The van der Waals surface area contributed by atoms with E-state index in [0.29, 0.717) is 6.54 Å². The number of benzene rings is 1. The molecule has 1 aromatic carbocycles. The zero-order valence-electron chi connectivity index (χ0n) is 9.15. The van der Waals surface area contributed by atoms with Gasteiger partial charge in [0.1, 0.15) is 11.5 Å². The second-order valence-electron chi connectivity index (χ2n) is 3.13. The van der Waals surface area contributed by atoms with Gasteiger partial charge in [-0.2, -0.15) is 5.26 Å². The number of hydrogen-bond donors (Lipinski definition) is 0. The van der Waals surface area contributed by atoms with Crippen molar-refractivity contribution in [2.45, 2.75) is 6.54 Å². The van der Waals surface area contributed by atoms with Gasteiger partial charge in [0.15, 0.2) is 6.19 Å². The molecule has 0 fully saturated rings. The first-order valence-electron chi connectivity index (χ1n) is 4.53. The second-order valence-corrected chi connectivity index (χ2v) is 3.13. The second kappa shape index (κ2) is 5.11. The van der Waals surface area contributed by atoms with Crippen molar-refractivity contribution in [2.24, 2.45) is 0 Å². The van der Waals surface area contributed by atoms with E-state index < -0.39 is 0 Å². The van der Waals surface area contributed by atoms with Crippen LogP contribution in [0.4, 0.5) is 0 Å². The number of rotatable bonds is 4. The lowest BCUT2D eigenvalue weighted by Gasteiger charge is -2.13. The molecule has 0 aliphatic heterocycles. The fourth-order valence-corrected chi connectivity index (χ4v) is 1.30. The summed E-state index contributed by atoms with van der Waals surface area (Å²) in [6.45, 7) is 0.511. The summed E-state index contributed by atoms with van der Waals surface area (Å²) in [5.41, 5.74) is 0.931. The van der Waals surface area contributed by atoms with Gasteiger partial charge in [0.25, 0.3) is 0 Å². The van der Waals surface area contributed by atoms with Crippen LogP contribution in [0.5, 0.6) is 11.5 Å². The molecule has 4 nitrogen and oxygen atoms in total. The quantitative estimate of drug-likeness (QED) is 0.554. The van der Waals surface area contributed by atoms with Crippen molar-refractivity contribution in [2.75, 3.05) is 21.3 Å². The summed E-state index contributed by atoms with van der Waals surface area (Å²) in [6, 6.07) is 5.53. The average molecular weight is 206 g/mol. The van der Waals surface area contributed by atoms with Gasteiger partial charge >= 0.3 is 0 Å². The average Bonchev–Trinajstić information content (AvgIpc) is 2.28. The molecule has 0 amide bonds. The SMILES string of the molecule is COc1ccc(OC)c(CN(C)C#N)c1. The summed E-state index contributed by atoms with van der Waals surface area (Å²) in [5.74, 6) is 1.52. The van der Waals surface area contributed by atoms with Crippen molar-refractivity contribution in [1.29, 1.82) is 5.26 Å². The summed E-state index contributed by atoms with van der Waals surface area (Å²) in [5, 5.41) is 8.69. The Balaban J connectivity index is 2.97. The Labute approximate surface area is 89.6 Å². The molecule has 0 heterocycles. The third-order valence-corrected chi connectivity index (χ3v) is 2.07. The minimum absolute atomic E-state index is 0.511. The number of methoxy groups -OCH3 is 2. The molecule has 1 rings (SSSR count). The molecule has 0 aromatic heterocycles. The molecule has 0 aliphatic rings. The molecular weight excluding hydrogens is 192 g/mol. The lowest BCUT2D eigenvalue weighted by Crippen LogP contribution is -2.11. The summed E-state index contributed by atoms with van der Waals surface area (Å²) in [6.07, 6.45) is 2.04. The van der Waals surface area contributed by atoms with Gasteiger partial charge in [0.05, 0.1) is 20.8 Å². The van der Waals surface area contributed by atoms with Gasteiger partial charge in [-0.3, -0.25) is 0 Å². The van der Waals surface area contributed by atoms with E-state index in [9.17, 15) is 0 Å². The number of ether oxygens (including phenoxy) is 2. The first-order valence-corrected chi connectivity index (χ1v) is 4.53. The predicted molar refractivity (Wildman–Crippen MR) is 56.6 cm³/mol. The monoisotopic (exact) mass is 206 g/mol. The molecule has 0 radical (unpaired) electrons. The largest absolute Gasteiger partial charge is 0.497 e. The Hall–Kier alpha value is -1.89. The molecule has 4 heteroatoms. The van der Waals surface area contributed by atoms with E-state index in [1.165, 1.54) is 4.90 Å². The fourth-order valence-electron chi connectivity index (χ4n) is 1.30. The highest BCUT2D eigenvalue weighted by Crippen LogP contribution is 2.24. The Kier molecular flexibility index (Phi) is 3.81. The van der Waals surface area contributed by atoms with Crippen molar-refractivity contribution in [3.63, 3.8) is 0 Å². The maximum atomic E-state index is 8.69. The van der Waals surface area contributed by atoms with Crippen LogP contribution in [0.15, 0.2) is 18.2 Å². The van der Waals surface area contributed by atoms with E-state index in [1.54, 1.807) is 21.3 Å². The zero-order chi connectivity index (χ0) is 11.3. The minimum Gasteiger partial charge on any atom is -0.497 e. The van der Waals surface area contributed by atoms with E-state index in [1.807, 2.05) is 24.4 Å². The molecule has 0 bridgehead atoms. The lowest BCUT2D eigenvalue weighted by molar-refractivity contribution is 0.385. The Morgan fingerprint density at radius 1 is 1.33 bits per heavy atom. The summed E-state index contributed by atoms with van der Waals surface area (Å²) >= 11 is 0. The lowest BCUT2D eigenvalue weighted by atomic mass is 10.2. The first-order chi connectivity index (χ1) is 7.21. The topological polar surface area (TPSA) is 45.5 Å². The van der Waals surface area contributed by atoms with Crippen LogP contribution in [0, 0.1) is 11.5 Å². The van der Waals surface area contributed by atoms with Crippen LogP contribution in [-0.4, -0.2) is 26.2 Å². The smallest absolute Gasteiger partial charge is 0.179 e. The summed E-state index contributed by atoms with van der Waals surface area (Å²) < 4.78 is 10.3. The molecule has 80 valence electrons. The van der Waals surface area contributed by atoms with Crippen molar-refractivity contribution in [3.8, 4) is 17.7 Å². The van der Waals surface area contributed by atoms with Crippen LogP contribution in [0.2, 0.25) is 0 Å². The summed E-state index contributed by atoms with van der Waals surface area (Å²) in [4.78, 5) is 1.53. The molecule has 0 aliphatic carbocycles. The molecule has 0 saturated carbocycles. The molecule has 0 unspecified atom stereocenters. The van der Waals surface area contributed by atoms with Gasteiger partial charge in [-0.15, -0.1) is 0 Å². The highest BCUT2D eigenvalue weighted by molar-refractivity contribution is 5.40. The van der Waals surface area contributed by atoms with Gasteiger partial charge < -0.3 is 14.4 Å². The molecule has 0 N–H and O–H groups in total. The van der Waals surface area contributed by atoms with Crippen LogP contribution in [0.3, 0.4) is 0 Å². The minimum atomic E-state index is 0.511. The standard InChI is InChI=1S/C11H14N2O2/c1-13(8-12)7-9-6-10(14-2)4-5-11(9)15-3/h4-6H,7H2,1-3H3. The molecule has 15 heavy (non-hydrogen) atoms. The molecule has 1 aromatic rings. The number of hydrogen-bond acceptors (Lipinski definition) is 4. The van der Waals surface area contributed by atoms with Gasteiger partial charge in [-0.05, 0) is 18.2 Å². The van der Waals surface area contributed by atoms with Crippen molar-refractivity contribution in [3.05, 3.63) is 23.8 Å². The fraction of sp³-hybridized carbons (Fsp3) is 0.364. The van der Waals surface area contributed by atoms with Crippen LogP contribution in [0.25, 0.3) is 0 Å². The van der Waals surface area contributed by atoms with Gasteiger partial charge in [-0.25, -0.2) is 0 Å². The zero-order valence-corrected chi connectivity index (χ0v) is 9.15. The first kappa shape index (κ1) is 11.2. The normalized spacial score (nSPS) is 9.20. The van der Waals surface area contributed by atoms with E-state index in [-0.39, 0.29) is 0 Å². The molecular formula is C11H14N2O2. The van der Waals surface area contributed by atoms with Crippen LogP contribution >= 0.6 is 0 Å². The number of nitrogens with zero attached hydrogens (tertiary/aromatic N) is 2. The van der Waals surface area contributed by atoms with Crippen molar-refractivity contribution < 1.29 is 9.47 Å². The van der Waals surface area contributed by atoms with Crippen LogP contribution < -0.4 is 9.47 Å². The third-order valence-electron chi connectivity index (χ3n) is 2.07. The molecule has 0 saturated heterocycles. The Bertz CT molecular complexity index is 371. The van der Waals surface area contributed by atoms with Gasteiger partial charge in [0, 0.05) is 12.6 Å². The van der Waals surface area contributed by atoms with E-state index >= 15 is 0 Å². The van der Waals surface area contributed by atoms with Crippen LogP contribution in [0.1, 0.15) is 5.56 Å². The van der Waals surface area contributed by atoms with Gasteiger partial charge in [-0.1, -0.05) is 0 Å². The van der Waals surface area contributed by atoms with Crippen molar-refractivity contribution in [1.82, 2.24) is 4.90 Å². The van der Waals surface area contributed by atoms with Crippen molar-refractivity contribution >= 4 is 0 Å². The van der Waals surface area contributed by atoms with Gasteiger partial charge in [0.2, 0.25) is 0 Å². The third kappa shape index (κ3) is 2.78. The Morgan fingerprint density at radius 3 is 2.60 bits per heavy atom. The molecule has 0 atom stereocenters. The highest BCUT2D eigenvalue weighted by atomic mass is 16.5. The van der Waals surface area contributed by atoms with E-state index in [2.05, 4.69) is 0 Å².